The maximum Gasteiger partial charge on any atom is 0.306 e. The van der Waals surface area contributed by atoms with E-state index in [0.717, 1.165) is 27.8 Å². The number of carbonyl (C=O) groups excluding carboxylic acids is 1. The molecule has 0 spiro atoms. The highest BCUT2D eigenvalue weighted by Crippen LogP contribution is 2.50. The van der Waals surface area contributed by atoms with E-state index in [2.05, 4.69) is 4.98 Å². The van der Waals surface area contributed by atoms with Crippen molar-refractivity contribution in [3.05, 3.63) is 47.5 Å². The van der Waals surface area contributed by atoms with Gasteiger partial charge < -0.3 is 23.7 Å². The first-order chi connectivity index (χ1) is 13.7. The summed E-state index contributed by atoms with van der Waals surface area (Å²) in [6, 6.07) is 11.3. The van der Waals surface area contributed by atoms with Gasteiger partial charge in [-0.15, -0.1) is 0 Å². The summed E-state index contributed by atoms with van der Waals surface area (Å²) >= 11 is 0. The third-order valence-electron chi connectivity index (χ3n) is 5.08. The fraction of sp³-hybridized carbons (Fsp3) is 0.238. The molecular weight excluding hydrogens is 362 g/mol. The summed E-state index contributed by atoms with van der Waals surface area (Å²) in [6.07, 6.45) is 0.163. The molecule has 0 radical (unpaired) electrons. The average Bonchev–Trinajstić information content (AvgIpc) is 3.17. The third kappa shape index (κ3) is 2.58. The molecule has 1 atom stereocenters. The van der Waals surface area contributed by atoms with Crippen LogP contribution in [0.3, 0.4) is 0 Å². The highest BCUT2D eigenvalue weighted by Gasteiger charge is 2.33. The molecule has 5 rings (SSSR count). The van der Waals surface area contributed by atoms with Crippen LogP contribution in [-0.4, -0.2) is 32.0 Å². The van der Waals surface area contributed by atoms with Gasteiger partial charge in [-0.05, 0) is 30.3 Å². The molecule has 7 nitrogen and oxygen atoms in total. The summed E-state index contributed by atoms with van der Waals surface area (Å²) < 4.78 is 27.3. The molecule has 0 saturated carbocycles. The maximum atomic E-state index is 12.1. The van der Waals surface area contributed by atoms with Crippen LogP contribution >= 0.6 is 0 Å². The second kappa shape index (κ2) is 6.30. The molecular formula is C21H17NO6. The first kappa shape index (κ1) is 16.7. The minimum atomic E-state index is -0.313. The monoisotopic (exact) mass is 379 g/mol. The molecule has 3 aromatic rings. The van der Waals surface area contributed by atoms with Gasteiger partial charge in [-0.25, -0.2) is 4.98 Å². The SMILES string of the molecule is COC(=O)C[C@H]1c2cc3c(cc2Oc2nc4ccc(OC)cc4cc21)OCO3. The summed E-state index contributed by atoms with van der Waals surface area (Å²) in [7, 11) is 3.00. The normalized spacial score (nSPS) is 16.1. The quantitative estimate of drug-likeness (QED) is 0.641. The van der Waals surface area contributed by atoms with Crippen molar-refractivity contribution >= 4 is 16.9 Å². The molecule has 0 amide bonds. The number of hydrogen-bond donors (Lipinski definition) is 0. The molecule has 2 aliphatic rings. The number of pyridine rings is 1. The summed E-state index contributed by atoms with van der Waals surface area (Å²) in [5.41, 5.74) is 2.43. The van der Waals surface area contributed by atoms with Crippen LogP contribution in [0, 0.1) is 0 Å². The van der Waals surface area contributed by atoms with E-state index in [-0.39, 0.29) is 25.1 Å². The molecule has 1 aromatic heterocycles. The molecule has 0 unspecified atom stereocenters. The zero-order valence-electron chi connectivity index (χ0n) is 15.4. The molecule has 0 fully saturated rings. The van der Waals surface area contributed by atoms with Crippen molar-refractivity contribution in [2.45, 2.75) is 12.3 Å². The van der Waals surface area contributed by atoms with E-state index in [9.17, 15) is 4.79 Å². The van der Waals surface area contributed by atoms with E-state index in [4.69, 9.17) is 23.7 Å². The molecule has 2 aliphatic heterocycles. The zero-order chi connectivity index (χ0) is 19.3. The van der Waals surface area contributed by atoms with Crippen molar-refractivity contribution < 1.29 is 28.5 Å². The standard InChI is InChI=1S/C21H17NO6/c1-24-12-3-4-16-11(5-12)6-15-13(8-20(23)25-2)14-7-18-19(27-10-26-18)9-17(14)28-21(15)22-16/h3-7,9,13H,8,10H2,1-2H3/t13-/m0/s1. The Hall–Kier alpha value is -3.48. The smallest absolute Gasteiger partial charge is 0.306 e. The van der Waals surface area contributed by atoms with E-state index in [1.165, 1.54) is 7.11 Å². The number of methoxy groups -OCH3 is 2. The number of ether oxygens (including phenoxy) is 5. The van der Waals surface area contributed by atoms with Crippen LogP contribution < -0.4 is 18.9 Å². The first-order valence-electron chi connectivity index (χ1n) is 8.83. The van der Waals surface area contributed by atoms with E-state index in [1.54, 1.807) is 13.2 Å². The zero-order valence-corrected chi connectivity index (χ0v) is 15.4. The number of aromatic nitrogens is 1. The van der Waals surface area contributed by atoms with Gasteiger partial charge in [0.05, 0.1) is 26.2 Å². The van der Waals surface area contributed by atoms with E-state index < -0.39 is 0 Å². The fourth-order valence-corrected chi connectivity index (χ4v) is 3.65. The number of nitrogens with zero attached hydrogens (tertiary/aromatic N) is 1. The van der Waals surface area contributed by atoms with Crippen LogP contribution in [0.2, 0.25) is 0 Å². The summed E-state index contributed by atoms with van der Waals surface area (Å²) in [5.74, 6) is 2.47. The Kier molecular flexibility index (Phi) is 3.75. The van der Waals surface area contributed by atoms with E-state index in [0.29, 0.717) is 23.1 Å². The van der Waals surface area contributed by atoms with Crippen LogP contribution in [0.5, 0.6) is 28.9 Å². The lowest BCUT2D eigenvalue weighted by Crippen LogP contribution is -2.16. The first-order valence-corrected chi connectivity index (χ1v) is 8.83. The second-order valence-electron chi connectivity index (χ2n) is 6.62. The predicted molar refractivity (Wildman–Crippen MR) is 99.4 cm³/mol. The Labute approximate surface area is 160 Å². The lowest BCUT2D eigenvalue weighted by atomic mass is 9.86. The molecule has 142 valence electrons. The molecule has 7 heteroatoms. The van der Waals surface area contributed by atoms with Crippen molar-refractivity contribution in [2.24, 2.45) is 0 Å². The average molecular weight is 379 g/mol. The minimum Gasteiger partial charge on any atom is -0.497 e. The number of hydrogen-bond acceptors (Lipinski definition) is 7. The molecule has 0 saturated heterocycles. The van der Waals surface area contributed by atoms with Gasteiger partial charge in [0.15, 0.2) is 11.5 Å². The van der Waals surface area contributed by atoms with Gasteiger partial charge in [-0.2, -0.15) is 0 Å². The lowest BCUT2D eigenvalue weighted by molar-refractivity contribution is -0.140. The van der Waals surface area contributed by atoms with Crippen LogP contribution in [0.1, 0.15) is 23.5 Å². The van der Waals surface area contributed by atoms with Gasteiger partial charge in [0.1, 0.15) is 11.5 Å². The van der Waals surface area contributed by atoms with Crippen molar-refractivity contribution in [1.82, 2.24) is 4.98 Å². The van der Waals surface area contributed by atoms with Gasteiger partial charge >= 0.3 is 5.97 Å². The Bertz CT molecular complexity index is 1110. The molecule has 0 N–H and O–H groups in total. The maximum absolute atomic E-state index is 12.1. The number of carbonyl (C=O) groups is 1. The van der Waals surface area contributed by atoms with Crippen LogP contribution in [0.25, 0.3) is 10.9 Å². The Morgan fingerprint density at radius 1 is 1.07 bits per heavy atom. The minimum absolute atomic E-state index is 0.161. The van der Waals surface area contributed by atoms with Gasteiger partial charge in [0.25, 0.3) is 0 Å². The number of fused-ring (bicyclic) bond motifs is 4. The molecule has 0 bridgehead atoms. The van der Waals surface area contributed by atoms with E-state index in [1.807, 2.05) is 30.3 Å². The number of esters is 1. The predicted octanol–water partition coefficient (Wildman–Crippen LogP) is 3.77. The van der Waals surface area contributed by atoms with Crippen molar-refractivity contribution in [1.29, 1.82) is 0 Å². The Morgan fingerprint density at radius 2 is 1.89 bits per heavy atom. The van der Waals surface area contributed by atoms with Crippen LogP contribution in [0.15, 0.2) is 36.4 Å². The third-order valence-corrected chi connectivity index (χ3v) is 5.08. The number of benzene rings is 2. The molecule has 28 heavy (non-hydrogen) atoms. The van der Waals surface area contributed by atoms with Crippen molar-refractivity contribution in [3.8, 4) is 28.9 Å². The Morgan fingerprint density at radius 3 is 2.68 bits per heavy atom. The largest absolute Gasteiger partial charge is 0.497 e. The fourth-order valence-electron chi connectivity index (χ4n) is 3.65. The van der Waals surface area contributed by atoms with Gasteiger partial charge in [-0.3, -0.25) is 4.79 Å². The highest BCUT2D eigenvalue weighted by atomic mass is 16.7. The van der Waals surface area contributed by atoms with Gasteiger partial charge in [0.2, 0.25) is 12.7 Å². The molecule has 0 aliphatic carbocycles. The molecule has 2 aromatic carbocycles. The van der Waals surface area contributed by atoms with Crippen molar-refractivity contribution in [3.63, 3.8) is 0 Å². The lowest BCUT2D eigenvalue weighted by Gasteiger charge is -2.27. The van der Waals surface area contributed by atoms with Crippen molar-refractivity contribution in [2.75, 3.05) is 21.0 Å². The van der Waals surface area contributed by atoms with Crippen LogP contribution in [0.4, 0.5) is 0 Å². The second-order valence-corrected chi connectivity index (χ2v) is 6.62. The summed E-state index contributed by atoms with van der Waals surface area (Å²) in [6.45, 7) is 0.161. The van der Waals surface area contributed by atoms with Gasteiger partial charge in [-0.1, -0.05) is 0 Å². The summed E-state index contributed by atoms with van der Waals surface area (Å²) in [4.78, 5) is 16.8. The topological polar surface area (TPSA) is 76.1 Å². The van der Waals surface area contributed by atoms with Gasteiger partial charge in [0, 0.05) is 28.5 Å². The summed E-state index contributed by atoms with van der Waals surface area (Å²) in [5, 5.41) is 0.903. The number of rotatable bonds is 3. The highest BCUT2D eigenvalue weighted by molar-refractivity contribution is 5.83. The van der Waals surface area contributed by atoms with E-state index >= 15 is 0 Å². The Balaban J connectivity index is 1.69. The molecule has 3 heterocycles. The van der Waals surface area contributed by atoms with Crippen LogP contribution in [-0.2, 0) is 9.53 Å².